The lowest BCUT2D eigenvalue weighted by molar-refractivity contribution is -0.125. The van der Waals surface area contributed by atoms with Crippen LogP contribution in [0.3, 0.4) is 0 Å². The SMILES string of the molecule is C=C(C)[C@@H]1CC=C([C@@H](O)CC(=O)[C@H](C)COCc2ccccc2)CC1. The largest absolute Gasteiger partial charge is 0.388 e. The summed E-state index contributed by atoms with van der Waals surface area (Å²) in [4.78, 5) is 12.3. The number of Topliss-reactive ketones (excluding diaryl/α,β-unsaturated/α-hetero) is 1. The van der Waals surface area contributed by atoms with Crippen LogP contribution in [-0.4, -0.2) is 23.6 Å². The number of carbonyl (C=O) groups excluding carboxylic acids is 1. The third-order valence-electron chi connectivity index (χ3n) is 4.99. The fourth-order valence-electron chi connectivity index (χ4n) is 3.15. The lowest BCUT2D eigenvalue weighted by Gasteiger charge is -2.25. The molecule has 0 heterocycles. The molecule has 0 saturated carbocycles. The van der Waals surface area contributed by atoms with Crippen molar-refractivity contribution in [1.82, 2.24) is 0 Å². The Morgan fingerprint density at radius 2 is 2.08 bits per heavy atom. The van der Waals surface area contributed by atoms with Gasteiger partial charge in [-0.3, -0.25) is 4.79 Å². The Bertz CT molecular complexity index is 603. The maximum atomic E-state index is 12.3. The van der Waals surface area contributed by atoms with E-state index in [4.69, 9.17) is 4.74 Å². The molecule has 0 aromatic heterocycles. The zero-order valence-corrected chi connectivity index (χ0v) is 15.4. The predicted molar refractivity (Wildman–Crippen MR) is 101 cm³/mol. The van der Waals surface area contributed by atoms with Gasteiger partial charge in [0.2, 0.25) is 0 Å². The van der Waals surface area contributed by atoms with Crippen molar-refractivity contribution in [2.45, 2.75) is 52.2 Å². The molecular weight excluding hydrogens is 312 g/mol. The fourth-order valence-corrected chi connectivity index (χ4v) is 3.15. The van der Waals surface area contributed by atoms with Crippen LogP contribution in [0.5, 0.6) is 0 Å². The third kappa shape index (κ3) is 6.26. The van der Waals surface area contributed by atoms with E-state index in [1.807, 2.05) is 37.3 Å². The number of benzene rings is 1. The van der Waals surface area contributed by atoms with Gasteiger partial charge in [-0.2, -0.15) is 0 Å². The smallest absolute Gasteiger partial charge is 0.140 e. The summed E-state index contributed by atoms with van der Waals surface area (Å²) >= 11 is 0. The molecule has 0 spiro atoms. The average Bonchev–Trinajstić information content (AvgIpc) is 2.62. The van der Waals surface area contributed by atoms with Gasteiger partial charge in [-0.05, 0) is 43.2 Å². The molecule has 1 aliphatic rings. The number of hydrogen-bond acceptors (Lipinski definition) is 3. The van der Waals surface area contributed by atoms with Gasteiger partial charge >= 0.3 is 0 Å². The van der Waals surface area contributed by atoms with Crippen molar-refractivity contribution < 1.29 is 14.6 Å². The Morgan fingerprint density at radius 1 is 1.36 bits per heavy atom. The van der Waals surface area contributed by atoms with Crippen LogP contribution in [0.25, 0.3) is 0 Å². The van der Waals surface area contributed by atoms with Crippen molar-refractivity contribution >= 4 is 5.78 Å². The van der Waals surface area contributed by atoms with Crippen LogP contribution in [0.1, 0.15) is 45.1 Å². The molecular formula is C22H30O3. The Balaban J connectivity index is 1.74. The van der Waals surface area contributed by atoms with Gasteiger partial charge in [-0.25, -0.2) is 0 Å². The molecule has 3 nitrogen and oxygen atoms in total. The summed E-state index contributed by atoms with van der Waals surface area (Å²) < 4.78 is 5.64. The minimum absolute atomic E-state index is 0.0588. The van der Waals surface area contributed by atoms with Crippen LogP contribution in [-0.2, 0) is 16.1 Å². The third-order valence-corrected chi connectivity index (χ3v) is 4.99. The van der Waals surface area contributed by atoms with Crippen LogP contribution in [0.2, 0.25) is 0 Å². The highest BCUT2D eigenvalue weighted by Gasteiger charge is 2.23. The van der Waals surface area contributed by atoms with E-state index in [2.05, 4.69) is 19.6 Å². The molecule has 0 fully saturated rings. The number of aliphatic hydroxyl groups is 1. The first-order valence-corrected chi connectivity index (χ1v) is 9.14. The van der Waals surface area contributed by atoms with Crippen LogP contribution in [0.15, 0.2) is 54.1 Å². The molecule has 1 aliphatic carbocycles. The number of allylic oxidation sites excluding steroid dienone is 2. The second kappa shape index (κ2) is 9.69. The van der Waals surface area contributed by atoms with Gasteiger partial charge in [0.15, 0.2) is 0 Å². The van der Waals surface area contributed by atoms with Crippen molar-refractivity contribution in [3.05, 3.63) is 59.7 Å². The summed E-state index contributed by atoms with van der Waals surface area (Å²) in [6.45, 7) is 8.83. The average molecular weight is 342 g/mol. The number of hydrogen-bond donors (Lipinski definition) is 1. The molecule has 0 bridgehead atoms. The molecule has 0 saturated heterocycles. The van der Waals surface area contributed by atoms with Gasteiger partial charge in [0.05, 0.1) is 19.3 Å². The zero-order chi connectivity index (χ0) is 18.2. The first-order chi connectivity index (χ1) is 12.0. The standard InChI is InChI=1S/C22H30O3/c1-16(2)19-9-11-20(12-10-19)22(24)13-21(23)17(3)14-25-15-18-7-5-4-6-8-18/h4-8,11,17,19,22,24H,1,9-10,12-15H2,2-3H3/t17-,19-,22+/m1/s1. The van der Waals surface area contributed by atoms with E-state index < -0.39 is 6.10 Å². The summed E-state index contributed by atoms with van der Waals surface area (Å²) in [5.74, 6) is 0.367. The lowest BCUT2D eigenvalue weighted by Crippen LogP contribution is -2.25. The monoisotopic (exact) mass is 342 g/mol. The highest BCUT2D eigenvalue weighted by Crippen LogP contribution is 2.30. The van der Waals surface area contributed by atoms with Crippen LogP contribution >= 0.6 is 0 Å². The van der Waals surface area contributed by atoms with Crippen LogP contribution in [0, 0.1) is 11.8 Å². The number of rotatable bonds is 9. The molecule has 3 heteroatoms. The Kier molecular flexibility index (Phi) is 7.60. The lowest BCUT2D eigenvalue weighted by atomic mass is 9.83. The van der Waals surface area contributed by atoms with E-state index >= 15 is 0 Å². The van der Waals surface area contributed by atoms with E-state index in [1.165, 1.54) is 5.57 Å². The quantitative estimate of drug-likeness (QED) is 0.674. The van der Waals surface area contributed by atoms with Crippen LogP contribution in [0.4, 0.5) is 0 Å². The van der Waals surface area contributed by atoms with Crippen molar-refractivity contribution in [1.29, 1.82) is 0 Å². The number of aliphatic hydroxyl groups excluding tert-OH is 1. The zero-order valence-electron chi connectivity index (χ0n) is 15.4. The maximum absolute atomic E-state index is 12.3. The number of ketones is 1. The van der Waals surface area contributed by atoms with E-state index in [9.17, 15) is 9.90 Å². The molecule has 1 N–H and O–H groups in total. The summed E-state index contributed by atoms with van der Waals surface area (Å²) in [6.07, 6.45) is 4.41. The summed E-state index contributed by atoms with van der Waals surface area (Å²) in [5, 5.41) is 10.4. The highest BCUT2D eigenvalue weighted by atomic mass is 16.5. The Morgan fingerprint density at radius 3 is 2.68 bits per heavy atom. The topological polar surface area (TPSA) is 46.5 Å². The molecule has 25 heavy (non-hydrogen) atoms. The van der Waals surface area contributed by atoms with E-state index in [0.29, 0.717) is 19.1 Å². The van der Waals surface area contributed by atoms with Crippen molar-refractivity contribution in [2.24, 2.45) is 11.8 Å². The first-order valence-electron chi connectivity index (χ1n) is 9.14. The van der Waals surface area contributed by atoms with E-state index in [0.717, 1.165) is 30.4 Å². The first kappa shape index (κ1) is 19.6. The minimum atomic E-state index is -0.657. The second-order valence-electron chi connectivity index (χ2n) is 7.18. The molecule has 0 radical (unpaired) electrons. The summed E-state index contributed by atoms with van der Waals surface area (Å²) in [6, 6.07) is 9.92. The Labute approximate surface area is 151 Å². The van der Waals surface area contributed by atoms with Gasteiger partial charge in [0, 0.05) is 12.3 Å². The molecule has 2 rings (SSSR count). The molecule has 1 aromatic carbocycles. The van der Waals surface area contributed by atoms with Crippen molar-refractivity contribution in [2.75, 3.05) is 6.61 Å². The highest BCUT2D eigenvalue weighted by molar-refractivity contribution is 5.81. The van der Waals surface area contributed by atoms with E-state index in [-0.39, 0.29) is 18.1 Å². The van der Waals surface area contributed by atoms with Gasteiger partial charge in [0.1, 0.15) is 5.78 Å². The minimum Gasteiger partial charge on any atom is -0.388 e. The molecule has 136 valence electrons. The normalized spacial score (nSPS) is 19.8. The van der Waals surface area contributed by atoms with Gasteiger partial charge in [-0.1, -0.05) is 55.5 Å². The molecule has 0 aliphatic heterocycles. The van der Waals surface area contributed by atoms with Crippen molar-refractivity contribution in [3.8, 4) is 0 Å². The van der Waals surface area contributed by atoms with Crippen molar-refractivity contribution in [3.63, 3.8) is 0 Å². The van der Waals surface area contributed by atoms with Crippen LogP contribution < -0.4 is 0 Å². The number of ether oxygens (including phenoxy) is 1. The molecule has 1 aromatic rings. The summed E-state index contributed by atoms with van der Waals surface area (Å²) in [5.41, 5.74) is 3.30. The Hall–Kier alpha value is -1.71. The summed E-state index contributed by atoms with van der Waals surface area (Å²) in [7, 11) is 0. The van der Waals surface area contributed by atoms with Gasteiger partial charge in [0.25, 0.3) is 0 Å². The van der Waals surface area contributed by atoms with Gasteiger partial charge < -0.3 is 9.84 Å². The number of carbonyl (C=O) groups is 1. The van der Waals surface area contributed by atoms with E-state index in [1.54, 1.807) is 0 Å². The van der Waals surface area contributed by atoms with Gasteiger partial charge in [-0.15, -0.1) is 0 Å². The predicted octanol–water partition coefficient (Wildman–Crippen LogP) is 4.46. The molecule has 0 amide bonds. The molecule has 0 unspecified atom stereocenters. The molecule has 3 atom stereocenters. The fraction of sp³-hybridized carbons (Fsp3) is 0.500. The second-order valence-corrected chi connectivity index (χ2v) is 7.18. The maximum Gasteiger partial charge on any atom is 0.140 e.